The first-order valence-corrected chi connectivity index (χ1v) is 9.70. The molecule has 0 saturated heterocycles. The number of pyridine rings is 1. The number of ether oxygens (including phenoxy) is 1. The number of carbonyl (C=O) groups excluding carboxylic acids is 1. The summed E-state index contributed by atoms with van der Waals surface area (Å²) in [5.74, 6) is 0.514. The maximum absolute atomic E-state index is 12.3. The number of benzene rings is 1. The van der Waals surface area contributed by atoms with Crippen molar-refractivity contribution in [1.29, 1.82) is 0 Å². The molecule has 3 rings (SSSR count). The first-order valence-electron chi connectivity index (χ1n) is 9.70. The lowest BCUT2D eigenvalue weighted by Crippen LogP contribution is -2.27. The molecular formula is C21H24N6O3. The number of aromatic nitrogens is 3. The Labute approximate surface area is 173 Å². The van der Waals surface area contributed by atoms with Gasteiger partial charge in [-0.25, -0.2) is 4.98 Å². The third kappa shape index (κ3) is 5.57. The molecule has 0 unspecified atom stereocenters. The van der Waals surface area contributed by atoms with Crippen molar-refractivity contribution < 1.29 is 9.53 Å². The van der Waals surface area contributed by atoms with E-state index in [4.69, 9.17) is 10.5 Å². The standard InChI is InChI=1S/C21H24N6O3/c1-2-3-7-12-23-21-26-19(17(18(22)28)20(29)27-21)25-14-10-11-16(24-13-14)30-15-8-5-4-6-9-15/h4-6,8-11,13H,2-3,7,12H2,1H3,(H2,22,28)(H3,23,25,26,27,29). The van der Waals surface area contributed by atoms with E-state index in [0.717, 1.165) is 19.3 Å². The summed E-state index contributed by atoms with van der Waals surface area (Å²) in [6.07, 6.45) is 4.59. The van der Waals surface area contributed by atoms with E-state index in [1.807, 2.05) is 30.3 Å². The van der Waals surface area contributed by atoms with Gasteiger partial charge >= 0.3 is 0 Å². The Kier molecular flexibility index (Phi) is 6.99. The molecule has 2 heterocycles. The zero-order valence-electron chi connectivity index (χ0n) is 16.6. The normalized spacial score (nSPS) is 10.4. The SMILES string of the molecule is CCCCCNc1nc(Nc2ccc(Oc3ccccc3)nc2)c(C(N)=O)c(=O)[nH]1. The highest BCUT2D eigenvalue weighted by molar-refractivity contribution is 5.98. The molecule has 30 heavy (non-hydrogen) atoms. The first-order chi connectivity index (χ1) is 14.6. The summed E-state index contributed by atoms with van der Waals surface area (Å²) in [4.78, 5) is 35.2. The predicted molar refractivity (Wildman–Crippen MR) is 115 cm³/mol. The van der Waals surface area contributed by atoms with Crippen molar-refractivity contribution in [1.82, 2.24) is 15.0 Å². The summed E-state index contributed by atoms with van der Waals surface area (Å²) >= 11 is 0. The van der Waals surface area contributed by atoms with E-state index in [9.17, 15) is 9.59 Å². The van der Waals surface area contributed by atoms with Gasteiger partial charge in [-0.05, 0) is 24.6 Å². The minimum atomic E-state index is -0.874. The monoisotopic (exact) mass is 408 g/mol. The topological polar surface area (TPSA) is 135 Å². The number of nitrogens with two attached hydrogens (primary N) is 1. The van der Waals surface area contributed by atoms with E-state index in [2.05, 4.69) is 32.5 Å². The smallest absolute Gasteiger partial charge is 0.267 e. The molecule has 0 saturated carbocycles. The molecule has 156 valence electrons. The van der Waals surface area contributed by atoms with Crippen LogP contribution in [0.15, 0.2) is 53.5 Å². The van der Waals surface area contributed by atoms with Crippen LogP contribution in [0.5, 0.6) is 11.6 Å². The van der Waals surface area contributed by atoms with E-state index < -0.39 is 11.5 Å². The van der Waals surface area contributed by atoms with Crippen LogP contribution in [0.4, 0.5) is 17.5 Å². The lowest BCUT2D eigenvalue weighted by Gasteiger charge is -2.12. The van der Waals surface area contributed by atoms with Gasteiger partial charge < -0.3 is 21.1 Å². The van der Waals surface area contributed by atoms with Crippen LogP contribution in [0.25, 0.3) is 0 Å². The minimum Gasteiger partial charge on any atom is -0.439 e. The Hall–Kier alpha value is -3.88. The van der Waals surface area contributed by atoms with Crippen LogP contribution in [0.1, 0.15) is 36.5 Å². The van der Waals surface area contributed by atoms with E-state index in [-0.39, 0.29) is 17.3 Å². The fourth-order valence-corrected chi connectivity index (χ4v) is 2.72. The third-order valence-electron chi connectivity index (χ3n) is 4.20. The van der Waals surface area contributed by atoms with Crippen LogP contribution in [-0.4, -0.2) is 27.4 Å². The molecule has 0 aliphatic rings. The molecule has 0 aliphatic carbocycles. The second-order valence-electron chi connectivity index (χ2n) is 6.56. The fraction of sp³-hybridized carbons (Fsp3) is 0.238. The van der Waals surface area contributed by atoms with Gasteiger partial charge in [0, 0.05) is 12.6 Å². The summed E-state index contributed by atoms with van der Waals surface area (Å²) in [6, 6.07) is 12.6. The average molecular weight is 408 g/mol. The average Bonchev–Trinajstić information content (AvgIpc) is 2.73. The van der Waals surface area contributed by atoms with E-state index >= 15 is 0 Å². The van der Waals surface area contributed by atoms with Crippen LogP contribution in [0.2, 0.25) is 0 Å². The van der Waals surface area contributed by atoms with Crippen molar-refractivity contribution in [2.75, 3.05) is 17.2 Å². The number of hydrogen-bond donors (Lipinski definition) is 4. The summed E-state index contributed by atoms with van der Waals surface area (Å²) in [7, 11) is 0. The number of anilines is 3. The second kappa shape index (κ2) is 10.1. The van der Waals surface area contributed by atoms with E-state index in [1.54, 1.807) is 12.1 Å². The second-order valence-corrected chi connectivity index (χ2v) is 6.56. The molecule has 5 N–H and O–H groups in total. The minimum absolute atomic E-state index is 0.0581. The van der Waals surface area contributed by atoms with Gasteiger partial charge in [-0.3, -0.25) is 14.6 Å². The summed E-state index contributed by atoms with van der Waals surface area (Å²) in [5.41, 5.74) is 5.03. The molecule has 3 aromatic rings. The van der Waals surface area contributed by atoms with Gasteiger partial charge in [0.25, 0.3) is 11.5 Å². The van der Waals surface area contributed by atoms with Gasteiger partial charge in [0.15, 0.2) is 5.82 Å². The Morgan fingerprint density at radius 1 is 1.17 bits per heavy atom. The molecule has 0 bridgehead atoms. The van der Waals surface area contributed by atoms with Crippen LogP contribution >= 0.6 is 0 Å². The Bertz CT molecular complexity index is 1030. The molecule has 0 fully saturated rings. The van der Waals surface area contributed by atoms with Gasteiger partial charge in [-0.15, -0.1) is 0 Å². The number of H-pyrrole nitrogens is 1. The number of nitrogens with one attached hydrogen (secondary N) is 3. The number of unbranched alkanes of at least 4 members (excludes halogenated alkanes) is 2. The molecule has 0 spiro atoms. The van der Waals surface area contributed by atoms with Crippen molar-refractivity contribution >= 4 is 23.4 Å². The maximum atomic E-state index is 12.3. The zero-order chi connectivity index (χ0) is 21.3. The summed E-state index contributed by atoms with van der Waals surface area (Å²) < 4.78 is 5.65. The molecule has 2 aromatic heterocycles. The summed E-state index contributed by atoms with van der Waals surface area (Å²) in [6.45, 7) is 2.76. The van der Waals surface area contributed by atoms with Crippen LogP contribution in [-0.2, 0) is 0 Å². The number of amides is 1. The number of hydrogen-bond acceptors (Lipinski definition) is 7. The predicted octanol–water partition coefficient (Wildman–Crippen LogP) is 3.40. The molecular weight excluding hydrogens is 384 g/mol. The number of primary amides is 1. The quantitative estimate of drug-likeness (QED) is 0.378. The van der Waals surface area contributed by atoms with Crippen molar-refractivity contribution in [2.45, 2.75) is 26.2 Å². The van der Waals surface area contributed by atoms with E-state index in [0.29, 0.717) is 23.9 Å². The third-order valence-corrected chi connectivity index (χ3v) is 4.20. The number of rotatable bonds is 10. The number of aromatic amines is 1. The van der Waals surface area contributed by atoms with Gasteiger partial charge in [0.1, 0.15) is 11.3 Å². The molecule has 1 aromatic carbocycles. The Morgan fingerprint density at radius 2 is 1.97 bits per heavy atom. The van der Waals surface area contributed by atoms with Crippen molar-refractivity contribution in [3.8, 4) is 11.6 Å². The molecule has 0 radical (unpaired) electrons. The van der Waals surface area contributed by atoms with Crippen LogP contribution in [0.3, 0.4) is 0 Å². The molecule has 9 heteroatoms. The molecule has 1 amide bonds. The van der Waals surface area contributed by atoms with Crippen molar-refractivity contribution in [3.05, 3.63) is 64.6 Å². The van der Waals surface area contributed by atoms with Crippen molar-refractivity contribution in [2.24, 2.45) is 5.73 Å². The van der Waals surface area contributed by atoms with Gasteiger partial charge in [0.2, 0.25) is 11.8 Å². The van der Waals surface area contributed by atoms with Gasteiger partial charge in [0.05, 0.1) is 11.9 Å². The molecule has 0 aliphatic heterocycles. The largest absolute Gasteiger partial charge is 0.439 e. The molecule has 0 atom stereocenters. The molecule has 9 nitrogen and oxygen atoms in total. The summed E-state index contributed by atoms with van der Waals surface area (Å²) in [5, 5.41) is 5.99. The van der Waals surface area contributed by atoms with Crippen LogP contribution < -0.4 is 26.7 Å². The highest BCUT2D eigenvalue weighted by Gasteiger charge is 2.17. The number of para-hydroxylation sites is 1. The highest BCUT2D eigenvalue weighted by Crippen LogP contribution is 2.22. The lowest BCUT2D eigenvalue weighted by molar-refractivity contribution is 0.0999. The lowest BCUT2D eigenvalue weighted by atomic mass is 10.2. The maximum Gasteiger partial charge on any atom is 0.267 e. The first kappa shape index (κ1) is 20.8. The van der Waals surface area contributed by atoms with Crippen molar-refractivity contribution in [3.63, 3.8) is 0 Å². The Morgan fingerprint density at radius 3 is 2.63 bits per heavy atom. The van der Waals surface area contributed by atoms with E-state index in [1.165, 1.54) is 6.20 Å². The van der Waals surface area contributed by atoms with Crippen LogP contribution in [0, 0.1) is 0 Å². The number of carbonyl (C=O) groups is 1. The van der Waals surface area contributed by atoms with Gasteiger partial charge in [-0.2, -0.15) is 4.98 Å². The zero-order valence-corrected chi connectivity index (χ0v) is 16.6. The van der Waals surface area contributed by atoms with Gasteiger partial charge in [-0.1, -0.05) is 38.0 Å². The Balaban J connectivity index is 1.77. The number of nitrogens with zero attached hydrogens (tertiary/aromatic N) is 2. The fourth-order valence-electron chi connectivity index (χ4n) is 2.72. The highest BCUT2D eigenvalue weighted by atomic mass is 16.5.